The van der Waals surface area contributed by atoms with Gasteiger partial charge in [-0.05, 0) is 52.9 Å². The van der Waals surface area contributed by atoms with Gasteiger partial charge in [0.1, 0.15) is 5.60 Å². The smallest absolute Gasteiger partial charge is 0.410 e. The van der Waals surface area contributed by atoms with E-state index >= 15 is 0 Å². The first-order valence-electron chi connectivity index (χ1n) is 10.9. The Kier molecular flexibility index (Phi) is 14.1. The molecule has 1 rings (SSSR count). The maximum atomic E-state index is 12.4. The number of nitrogens with zero attached hydrogens (tertiary/aromatic N) is 3. The van der Waals surface area contributed by atoms with E-state index in [1.165, 1.54) is 0 Å². The lowest BCUT2D eigenvalue weighted by atomic mass is 9.93. The second-order valence-electron chi connectivity index (χ2n) is 8.51. The number of hydrogen-bond donors (Lipinski definition) is 2. The number of guanidine groups is 1. The largest absolute Gasteiger partial charge is 0.444 e. The molecule has 1 fully saturated rings. The lowest BCUT2D eigenvalue weighted by Crippen LogP contribution is -2.46. The Morgan fingerprint density at radius 1 is 1.17 bits per heavy atom. The molecular weight excluding hydrogens is 497 g/mol. The van der Waals surface area contributed by atoms with Crippen LogP contribution >= 0.6 is 24.0 Å². The Morgan fingerprint density at radius 2 is 1.80 bits per heavy atom. The third kappa shape index (κ3) is 11.2. The van der Waals surface area contributed by atoms with Gasteiger partial charge in [0.2, 0.25) is 5.91 Å². The standard InChI is InChI=1S/C21H41N5O3.HI/c1-7-12-26(20(28)29-21(3,4)5)15-11-24-19(23-8-2)25-13-9-17(10-14-25)16-18(27)22-6;/h17H,7-16H2,1-6H3,(H,22,27)(H,23,24);1H. The summed E-state index contributed by atoms with van der Waals surface area (Å²) in [5.74, 6) is 1.43. The van der Waals surface area contributed by atoms with E-state index in [9.17, 15) is 9.59 Å². The number of halogens is 1. The average Bonchev–Trinajstić information content (AvgIpc) is 2.65. The Balaban J connectivity index is 0.00000841. The van der Waals surface area contributed by atoms with E-state index in [0.29, 0.717) is 32.0 Å². The zero-order chi connectivity index (χ0) is 21.9. The SMILES string of the molecule is CCCN(CCN=C(NCC)N1CCC(CC(=O)NC)CC1)C(=O)OC(C)(C)C.I. The van der Waals surface area contributed by atoms with Crippen molar-refractivity contribution in [1.82, 2.24) is 20.4 Å². The van der Waals surface area contributed by atoms with E-state index < -0.39 is 5.60 Å². The molecular formula is C21H42IN5O3. The van der Waals surface area contributed by atoms with E-state index in [2.05, 4.69) is 22.5 Å². The Hall–Kier alpha value is -1.26. The molecule has 0 radical (unpaired) electrons. The molecule has 1 aliphatic heterocycles. The highest BCUT2D eigenvalue weighted by Crippen LogP contribution is 2.20. The molecule has 0 atom stereocenters. The van der Waals surface area contributed by atoms with Crippen LogP contribution in [-0.2, 0) is 9.53 Å². The Bertz CT molecular complexity index is 543. The lowest BCUT2D eigenvalue weighted by molar-refractivity contribution is -0.121. The van der Waals surface area contributed by atoms with Crippen LogP contribution in [0, 0.1) is 5.92 Å². The molecule has 2 amide bonds. The van der Waals surface area contributed by atoms with Crippen molar-refractivity contribution in [1.29, 1.82) is 0 Å². The fourth-order valence-electron chi connectivity index (χ4n) is 3.31. The quantitative estimate of drug-likeness (QED) is 0.282. The van der Waals surface area contributed by atoms with E-state index in [0.717, 1.165) is 44.9 Å². The summed E-state index contributed by atoms with van der Waals surface area (Å²) in [4.78, 5) is 32.7. The van der Waals surface area contributed by atoms with Crippen LogP contribution in [-0.4, -0.2) is 79.7 Å². The second kappa shape index (κ2) is 14.7. The van der Waals surface area contributed by atoms with Gasteiger partial charge < -0.3 is 25.2 Å². The predicted molar refractivity (Wildman–Crippen MR) is 132 cm³/mol. The summed E-state index contributed by atoms with van der Waals surface area (Å²) in [6.07, 6.45) is 3.16. The summed E-state index contributed by atoms with van der Waals surface area (Å²) in [5.41, 5.74) is -0.500. The van der Waals surface area contributed by atoms with Crippen LogP contribution < -0.4 is 10.6 Å². The monoisotopic (exact) mass is 539 g/mol. The number of hydrogen-bond acceptors (Lipinski definition) is 4. The van der Waals surface area contributed by atoms with E-state index in [1.54, 1.807) is 11.9 Å². The highest BCUT2D eigenvalue weighted by atomic mass is 127. The molecule has 30 heavy (non-hydrogen) atoms. The van der Waals surface area contributed by atoms with Crippen LogP contribution in [0.15, 0.2) is 4.99 Å². The summed E-state index contributed by atoms with van der Waals surface area (Å²) in [5, 5.41) is 6.06. The molecule has 1 heterocycles. The van der Waals surface area contributed by atoms with Crippen molar-refractivity contribution < 1.29 is 14.3 Å². The van der Waals surface area contributed by atoms with Crippen molar-refractivity contribution >= 4 is 41.9 Å². The van der Waals surface area contributed by atoms with Crippen LogP contribution in [0.25, 0.3) is 0 Å². The minimum atomic E-state index is -0.500. The fourth-order valence-corrected chi connectivity index (χ4v) is 3.31. The van der Waals surface area contributed by atoms with Crippen LogP contribution in [0.1, 0.15) is 60.3 Å². The summed E-state index contributed by atoms with van der Waals surface area (Å²) in [6, 6.07) is 0. The maximum absolute atomic E-state index is 12.4. The third-order valence-electron chi connectivity index (χ3n) is 4.78. The summed E-state index contributed by atoms with van der Waals surface area (Å²) >= 11 is 0. The number of amides is 2. The molecule has 0 aromatic carbocycles. The van der Waals surface area contributed by atoms with E-state index in [4.69, 9.17) is 9.73 Å². The zero-order valence-electron chi connectivity index (χ0n) is 19.6. The van der Waals surface area contributed by atoms with Crippen LogP contribution in [0.3, 0.4) is 0 Å². The summed E-state index contributed by atoms with van der Waals surface area (Å²) < 4.78 is 5.51. The first-order chi connectivity index (χ1) is 13.7. The predicted octanol–water partition coefficient (Wildman–Crippen LogP) is 3.07. The molecule has 8 nitrogen and oxygen atoms in total. The minimum Gasteiger partial charge on any atom is -0.444 e. The lowest BCUT2D eigenvalue weighted by Gasteiger charge is -2.34. The molecule has 0 unspecified atom stereocenters. The molecule has 0 aliphatic carbocycles. The van der Waals surface area contributed by atoms with Gasteiger partial charge in [0.15, 0.2) is 5.96 Å². The normalized spacial score (nSPS) is 15.3. The number of piperidine rings is 1. The van der Waals surface area contributed by atoms with Crippen molar-refractivity contribution in [2.24, 2.45) is 10.9 Å². The molecule has 0 spiro atoms. The molecule has 176 valence electrons. The minimum absolute atomic E-state index is 0. The van der Waals surface area contributed by atoms with Crippen molar-refractivity contribution in [2.45, 2.75) is 65.9 Å². The number of likely N-dealkylation sites (tertiary alicyclic amines) is 1. The van der Waals surface area contributed by atoms with Gasteiger partial charge in [-0.15, -0.1) is 24.0 Å². The van der Waals surface area contributed by atoms with Gasteiger partial charge in [-0.25, -0.2) is 4.79 Å². The third-order valence-corrected chi connectivity index (χ3v) is 4.78. The zero-order valence-corrected chi connectivity index (χ0v) is 22.0. The van der Waals surface area contributed by atoms with E-state index in [1.807, 2.05) is 27.7 Å². The van der Waals surface area contributed by atoms with Crippen LogP contribution in [0.2, 0.25) is 0 Å². The van der Waals surface area contributed by atoms with Crippen molar-refractivity contribution in [3.05, 3.63) is 0 Å². The van der Waals surface area contributed by atoms with Gasteiger partial charge in [0, 0.05) is 46.2 Å². The number of carbonyl (C=O) groups excluding carboxylic acids is 2. The first kappa shape index (κ1) is 28.7. The fraction of sp³-hybridized carbons (Fsp3) is 0.857. The molecule has 9 heteroatoms. The Labute approximate surface area is 199 Å². The topological polar surface area (TPSA) is 86.3 Å². The average molecular weight is 540 g/mol. The Morgan fingerprint density at radius 3 is 2.30 bits per heavy atom. The van der Waals surface area contributed by atoms with Crippen molar-refractivity contribution in [3.63, 3.8) is 0 Å². The number of aliphatic imine (C=N–C) groups is 1. The number of nitrogens with one attached hydrogen (secondary N) is 2. The van der Waals surface area contributed by atoms with Gasteiger partial charge in [-0.2, -0.15) is 0 Å². The first-order valence-corrected chi connectivity index (χ1v) is 10.9. The summed E-state index contributed by atoms with van der Waals surface area (Å²) in [6.45, 7) is 14.0. The van der Waals surface area contributed by atoms with Gasteiger partial charge in [-0.3, -0.25) is 9.79 Å². The summed E-state index contributed by atoms with van der Waals surface area (Å²) in [7, 11) is 1.69. The van der Waals surface area contributed by atoms with Gasteiger partial charge >= 0.3 is 6.09 Å². The van der Waals surface area contributed by atoms with Gasteiger partial charge in [-0.1, -0.05) is 6.92 Å². The maximum Gasteiger partial charge on any atom is 0.410 e. The molecule has 0 bridgehead atoms. The van der Waals surface area contributed by atoms with Gasteiger partial charge in [0.05, 0.1) is 6.54 Å². The molecule has 2 N–H and O–H groups in total. The van der Waals surface area contributed by atoms with E-state index in [-0.39, 0.29) is 36.0 Å². The van der Waals surface area contributed by atoms with Gasteiger partial charge in [0.25, 0.3) is 0 Å². The van der Waals surface area contributed by atoms with Crippen molar-refractivity contribution in [3.8, 4) is 0 Å². The van der Waals surface area contributed by atoms with Crippen molar-refractivity contribution in [2.75, 3.05) is 46.3 Å². The van der Waals surface area contributed by atoms with Crippen LogP contribution in [0.5, 0.6) is 0 Å². The van der Waals surface area contributed by atoms with Crippen LogP contribution in [0.4, 0.5) is 4.79 Å². The number of carbonyl (C=O) groups is 2. The molecule has 0 aromatic rings. The highest BCUT2D eigenvalue weighted by molar-refractivity contribution is 14.0. The molecule has 1 aliphatic rings. The molecule has 0 saturated carbocycles. The molecule has 0 aromatic heterocycles. The molecule has 1 saturated heterocycles. The number of rotatable bonds is 8. The second-order valence-corrected chi connectivity index (χ2v) is 8.51. The number of ether oxygens (including phenoxy) is 1. The highest BCUT2D eigenvalue weighted by Gasteiger charge is 2.24.